The van der Waals surface area contributed by atoms with Gasteiger partial charge in [0.15, 0.2) is 5.82 Å². The number of H-pyrrole nitrogens is 1. The fourth-order valence-electron chi connectivity index (χ4n) is 1.57. The lowest BCUT2D eigenvalue weighted by Gasteiger charge is -2.11. The second-order valence-corrected chi connectivity index (χ2v) is 4.18. The summed E-state index contributed by atoms with van der Waals surface area (Å²) in [6.45, 7) is 0. The van der Waals surface area contributed by atoms with E-state index in [2.05, 4.69) is 32.9 Å². The van der Waals surface area contributed by atoms with Crippen LogP contribution in [0.25, 0.3) is 0 Å². The Morgan fingerprint density at radius 1 is 1.50 bits per heavy atom. The molecular formula is C11H14N4S. The third-order valence-corrected chi connectivity index (χ3v) is 2.68. The van der Waals surface area contributed by atoms with Gasteiger partial charge in [-0.1, -0.05) is 24.4 Å². The van der Waals surface area contributed by atoms with Gasteiger partial charge in [0.2, 0.25) is 0 Å². The van der Waals surface area contributed by atoms with Crippen molar-refractivity contribution in [3.8, 4) is 0 Å². The van der Waals surface area contributed by atoms with Crippen LogP contribution in [0.4, 0.5) is 5.82 Å². The van der Waals surface area contributed by atoms with Crippen LogP contribution < -0.4 is 5.43 Å². The highest BCUT2D eigenvalue weighted by Crippen LogP contribution is 2.15. The number of aromatic amines is 1. The molecule has 0 bridgehead atoms. The molecule has 1 heterocycles. The first-order valence-corrected chi connectivity index (χ1v) is 5.75. The summed E-state index contributed by atoms with van der Waals surface area (Å²) in [5, 5.41) is 10.9. The number of rotatable bonds is 3. The van der Waals surface area contributed by atoms with Crippen LogP contribution in [-0.2, 0) is 0 Å². The molecule has 16 heavy (non-hydrogen) atoms. The molecule has 1 unspecified atom stereocenters. The van der Waals surface area contributed by atoms with Gasteiger partial charge >= 0.3 is 0 Å². The molecule has 0 radical (unpaired) electrons. The summed E-state index contributed by atoms with van der Waals surface area (Å²) in [5.41, 5.74) is 2.88. The van der Waals surface area contributed by atoms with Gasteiger partial charge in [-0.3, -0.25) is 10.5 Å². The minimum Gasteiger partial charge on any atom is -0.266 e. The quantitative estimate of drug-likeness (QED) is 0.366. The van der Waals surface area contributed by atoms with E-state index in [1.54, 1.807) is 12.1 Å². The molecule has 4 nitrogen and oxygen atoms in total. The number of nitrogens with zero attached hydrogens (tertiary/aromatic N) is 2. The minimum atomic E-state index is 0.541. The first kappa shape index (κ1) is 11.0. The third kappa shape index (κ3) is 3.27. The van der Waals surface area contributed by atoms with Crippen molar-refractivity contribution < 1.29 is 0 Å². The van der Waals surface area contributed by atoms with E-state index < -0.39 is 0 Å². The molecule has 0 aliphatic heterocycles. The SMILES string of the molecule is S=c1ccc(NN=CC2CC=CCC2)n[nH]1. The van der Waals surface area contributed by atoms with Crippen molar-refractivity contribution >= 4 is 24.3 Å². The van der Waals surface area contributed by atoms with Crippen LogP contribution in [0.3, 0.4) is 0 Å². The van der Waals surface area contributed by atoms with Gasteiger partial charge in [-0.05, 0) is 37.3 Å². The fraction of sp³-hybridized carbons (Fsp3) is 0.364. The highest BCUT2D eigenvalue weighted by atomic mass is 32.1. The Balaban J connectivity index is 1.86. The van der Waals surface area contributed by atoms with Gasteiger partial charge < -0.3 is 0 Å². The van der Waals surface area contributed by atoms with Crippen LogP contribution in [0, 0.1) is 10.6 Å². The highest BCUT2D eigenvalue weighted by Gasteiger charge is 2.05. The van der Waals surface area contributed by atoms with Crippen molar-refractivity contribution in [2.24, 2.45) is 11.0 Å². The summed E-state index contributed by atoms with van der Waals surface area (Å²) in [5.74, 6) is 1.22. The Bertz CT molecular complexity index is 429. The maximum atomic E-state index is 4.89. The summed E-state index contributed by atoms with van der Waals surface area (Å²) in [6.07, 6.45) is 9.77. The van der Waals surface area contributed by atoms with Crippen molar-refractivity contribution in [3.63, 3.8) is 0 Å². The van der Waals surface area contributed by atoms with E-state index in [0.29, 0.717) is 16.4 Å². The van der Waals surface area contributed by atoms with E-state index in [1.807, 2.05) is 6.21 Å². The Morgan fingerprint density at radius 2 is 2.44 bits per heavy atom. The molecule has 1 aliphatic rings. The Hall–Kier alpha value is -1.49. The average molecular weight is 234 g/mol. The Morgan fingerprint density at radius 3 is 3.12 bits per heavy atom. The molecule has 0 aromatic carbocycles. The van der Waals surface area contributed by atoms with E-state index in [-0.39, 0.29) is 0 Å². The number of allylic oxidation sites excluding steroid dienone is 2. The molecule has 1 aromatic heterocycles. The van der Waals surface area contributed by atoms with Gasteiger partial charge in [0.05, 0.1) is 0 Å². The fourth-order valence-corrected chi connectivity index (χ4v) is 1.68. The summed E-state index contributed by atoms with van der Waals surface area (Å²) in [6, 6.07) is 3.58. The zero-order valence-electron chi connectivity index (χ0n) is 8.89. The number of aromatic nitrogens is 2. The molecule has 2 rings (SSSR count). The molecule has 0 fully saturated rings. The molecule has 0 spiro atoms. The van der Waals surface area contributed by atoms with Gasteiger partial charge in [0.1, 0.15) is 4.64 Å². The first-order valence-electron chi connectivity index (χ1n) is 5.34. The normalized spacial score (nSPS) is 20.1. The number of nitrogens with one attached hydrogen (secondary N) is 2. The molecular weight excluding hydrogens is 220 g/mol. The molecule has 2 N–H and O–H groups in total. The summed E-state index contributed by atoms with van der Waals surface area (Å²) in [4.78, 5) is 0. The van der Waals surface area contributed by atoms with Crippen LogP contribution in [0.15, 0.2) is 29.4 Å². The van der Waals surface area contributed by atoms with Gasteiger partial charge in [-0.15, -0.1) is 0 Å². The number of hydrogen-bond acceptors (Lipinski definition) is 4. The van der Waals surface area contributed by atoms with Crippen molar-refractivity contribution in [2.75, 3.05) is 5.43 Å². The second-order valence-electron chi connectivity index (χ2n) is 3.74. The van der Waals surface area contributed by atoms with Gasteiger partial charge in [0, 0.05) is 6.21 Å². The lowest BCUT2D eigenvalue weighted by atomic mass is 9.96. The molecule has 1 aromatic rings. The van der Waals surface area contributed by atoms with E-state index in [1.165, 1.54) is 6.42 Å². The van der Waals surface area contributed by atoms with Crippen molar-refractivity contribution in [1.82, 2.24) is 10.2 Å². The van der Waals surface area contributed by atoms with Gasteiger partial charge in [-0.25, -0.2) is 0 Å². The summed E-state index contributed by atoms with van der Waals surface area (Å²) in [7, 11) is 0. The monoisotopic (exact) mass is 234 g/mol. The zero-order chi connectivity index (χ0) is 11.2. The minimum absolute atomic E-state index is 0.541. The summed E-state index contributed by atoms with van der Waals surface area (Å²) >= 11 is 4.89. The standard InChI is InChI=1S/C11H14N4S/c16-11-7-6-10(14-15-11)13-12-8-9-4-2-1-3-5-9/h1-2,6-9H,3-5H2,(H,13,14)(H,15,16). The smallest absolute Gasteiger partial charge is 0.166 e. The summed E-state index contributed by atoms with van der Waals surface area (Å²) < 4.78 is 0.618. The molecule has 1 atom stereocenters. The highest BCUT2D eigenvalue weighted by molar-refractivity contribution is 7.71. The molecule has 0 saturated heterocycles. The predicted molar refractivity (Wildman–Crippen MR) is 68.0 cm³/mol. The number of hydrogen-bond donors (Lipinski definition) is 2. The van der Waals surface area contributed by atoms with E-state index in [9.17, 15) is 0 Å². The molecule has 0 amide bonds. The van der Waals surface area contributed by atoms with Crippen molar-refractivity contribution in [3.05, 3.63) is 28.9 Å². The largest absolute Gasteiger partial charge is 0.266 e. The van der Waals surface area contributed by atoms with Crippen LogP contribution in [-0.4, -0.2) is 16.4 Å². The lowest BCUT2D eigenvalue weighted by Crippen LogP contribution is -2.05. The molecule has 0 saturated carbocycles. The topological polar surface area (TPSA) is 53.1 Å². The lowest BCUT2D eigenvalue weighted by molar-refractivity contribution is 0.627. The van der Waals surface area contributed by atoms with Crippen LogP contribution in [0.1, 0.15) is 19.3 Å². The first-order chi connectivity index (χ1) is 7.84. The van der Waals surface area contributed by atoms with Gasteiger partial charge in [-0.2, -0.15) is 10.2 Å². The second kappa shape index (κ2) is 5.55. The maximum absolute atomic E-state index is 4.89. The van der Waals surface area contributed by atoms with Crippen LogP contribution >= 0.6 is 12.2 Å². The van der Waals surface area contributed by atoms with E-state index in [0.717, 1.165) is 12.8 Å². The Labute approximate surface area is 99.5 Å². The van der Waals surface area contributed by atoms with Crippen molar-refractivity contribution in [1.29, 1.82) is 0 Å². The zero-order valence-corrected chi connectivity index (χ0v) is 9.70. The van der Waals surface area contributed by atoms with E-state index in [4.69, 9.17) is 12.2 Å². The predicted octanol–water partition coefficient (Wildman–Crippen LogP) is 2.89. The molecule has 84 valence electrons. The Kier molecular flexibility index (Phi) is 3.82. The van der Waals surface area contributed by atoms with Crippen LogP contribution in [0.5, 0.6) is 0 Å². The number of hydrazone groups is 1. The third-order valence-electron chi connectivity index (χ3n) is 2.45. The molecule has 5 heteroatoms. The van der Waals surface area contributed by atoms with Crippen molar-refractivity contribution in [2.45, 2.75) is 19.3 Å². The van der Waals surface area contributed by atoms with Gasteiger partial charge in [0.25, 0.3) is 0 Å². The average Bonchev–Trinajstić information content (AvgIpc) is 2.33. The molecule has 1 aliphatic carbocycles. The number of anilines is 1. The van der Waals surface area contributed by atoms with Crippen LogP contribution in [0.2, 0.25) is 0 Å². The maximum Gasteiger partial charge on any atom is 0.166 e. The van der Waals surface area contributed by atoms with E-state index >= 15 is 0 Å².